The molecule has 0 amide bonds. The number of nitrogens with zero attached hydrogens (tertiary/aromatic N) is 1. The van der Waals surface area contributed by atoms with Crippen LogP contribution in [-0.2, 0) is 14.4 Å². The molecular weight excluding hydrogens is 486 g/mol. The minimum absolute atomic E-state index is 0.120. The Morgan fingerprint density at radius 3 is 2.23 bits per heavy atom. The van der Waals surface area contributed by atoms with Crippen LogP contribution in [0.3, 0.4) is 0 Å². The summed E-state index contributed by atoms with van der Waals surface area (Å²) in [6.45, 7) is 22.5. The molecule has 0 bridgehead atoms. The maximum Gasteiger partial charge on any atom is 0.337 e. The number of hydrogen-bond donors (Lipinski definition) is 1. The zero-order valence-electron chi connectivity index (χ0n) is 25.9. The Kier molecular flexibility index (Phi) is 6.79. The summed E-state index contributed by atoms with van der Waals surface area (Å²) in [6, 6.07) is 0. The Balaban J connectivity index is 1.48. The van der Waals surface area contributed by atoms with E-state index in [1.54, 1.807) is 0 Å². The molecule has 5 nitrogen and oxygen atoms in total. The quantitative estimate of drug-likeness (QED) is 0.221. The van der Waals surface area contributed by atoms with E-state index >= 15 is 0 Å². The van der Waals surface area contributed by atoms with Gasteiger partial charge in [-0.3, -0.25) is 4.79 Å². The van der Waals surface area contributed by atoms with Gasteiger partial charge in [0.15, 0.2) is 0 Å². The van der Waals surface area contributed by atoms with E-state index in [0.717, 1.165) is 57.1 Å². The lowest BCUT2D eigenvalue weighted by atomic mass is 9.32. The normalized spacial score (nSPS) is 47.5. The van der Waals surface area contributed by atoms with Gasteiger partial charge in [0.25, 0.3) is 0 Å². The van der Waals surface area contributed by atoms with Crippen molar-refractivity contribution in [3.8, 4) is 0 Å². The van der Waals surface area contributed by atoms with Crippen molar-refractivity contribution in [2.45, 2.75) is 120 Å². The lowest BCUT2D eigenvalue weighted by molar-refractivity contribution is -0.230. The van der Waals surface area contributed by atoms with Gasteiger partial charge in [-0.2, -0.15) is 0 Å². The van der Waals surface area contributed by atoms with Gasteiger partial charge in [-0.15, -0.1) is 0 Å². The fraction of sp³-hybridized carbons (Fsp3) is 0.853. The summed E-state index contributed by atoms with van der Waals surface area (Å²) in [6.07, 6.45) is 10.2. The number of aliphatic carboxylic acids is 1. The molecule has 39 heavy (non-hydrogen) atoms. The summed E-state index contributed by atoms with van der Waals surface area (Å²) in [5.74, 6) is 1.08. The summed E-state index contributed by atoms with van der Waals surface area (Å²) in [5, 5.41) is 15.1. The van der Waals surface area contributed by atoms with E-state index in [9.17, 15) is 14.7 Å². The molecule has 5 aliphatic rings. The van der Waals surface area contributed by atoms with E-state index in [4.69, 9.17) is 4.84 Å². The van der Waals surface area contributed by atoms with Gasteiger partial charge < -0.3 is 9.94 Å². The maximum absolute atomic E-state index is 12.9. The van der Waals surface area contributed by atoms with E-state index in [-0.39, 0.29) is 39.5 Å². The number of carbonyl (C=O) groups is 2. The van der Waals surface area contributed by atoms with Gasteiger partial charge in [-0.25, -0.2) is 4.79 Å². The maximum atomic E-state index is 12.9. The van der Waals surface area contributed by atoms with Crippen molar-refractivity contribution in [1.82, 2.24) is 0 Å². The lowest BCUT2D eigenvalue weighted by Gasteiger charge is -2.72. The highest BCUT2D eigenvalue weighted by molar-refractivity contribution is 5.91. The van der Waals surface area contributed by atoms with E-state index in [2.05, 4.69) is 53.3 Å². The number of carbonyl (C=O) groups excluding carboxylic acids is 1. The SMILES string of the molecule is C=C(C)[C@@H]1CC[C@]2(C(=O)O)CC[C@]3(C)[C@H](CC[C@@H]4[C@@]5(C)CC/C(=N\OC(=O)C(C)C)C(C)(C)[C@@H]5CC[C@]43C)[C@@H]12. The largest absolute Gasteiger partial charge is 0.481 e. The molecule has 0 unspecified atom stereocenters. The summed E-state index contributed by atoms with van der Waals surface area (Å²) in [4.78, 5) is 30.4. The zero-order chi connectivity index (χ0) is 28.8. The Labute approximate surface area is 236 Å². The minimum Gasteiger partial charge on any atom is -0.481 e. The minimum atomic E-state index is -0.566. The van der Waals surface area contributed by atoms with Crippen LogP contribution in [0.25, 0.3) is 0 Å². The van der Waals surface area contributed by atoms with Gasteiger partial charge in [0, 0.05) is 5.41 Å². The zero-order valence-corrected chi connectivity index (χ0v) is 25.9. The first-order chi connectivity index (χ1) is 18.1. The van der Waals surface area contributed by atoms with Gasteiger partial charge in [0.2, 0.25) is 0 Å². The number of carboxylic acids is 1. The fourth-order valence-electron chi connectivity index (χ4n) is 11.7. The van der Waals surface area contributed by atoms with Crippen molar-refractivity contribution >= 4 is 17.7 Å². The standard InChI is InChI=1S/C34H53NO4/c1-20(2)22-12-17-34(29(37)38)19-18-32(8)23(27(22)34)10-11-25-31(7)15-14-26(35-39-28(36)21(3)4)30(5,6)24(31)13-16-33(25,32)9/h21-25,27H,1,10-19H2,2-9H3,(H,37,38)/b35-26+/t22-,23+,24-,25+,27+,31-,32+,33+,34-/m0/s1. The first kappa shape index (κ1) is 28.9. The van der Waals surface area contributed by atoms with Crippen molar-refractivity contribution in [3.63, 3.8) is 0 Å². The van der Waals surface area contributed by atoms with E-state index in [1.165, 1.54) is 18.4 Å². The van der Waals surface area contributed by atoms with Crippen LogP contribution in [0.4, 0.5) is 0 Å². The third kappa shape index (κ3) is 3.79. The van der Waals surface area contributed by atoms with Crippen molar-refractivity contribution < 1.29 is 19.5 Å². The third-order valence-electron chi connectivity index (χ3n) is 14.0. The van der Waals surface area contributed by atoms with Gasteiger partial charge in [-0.05, 0) is 117 Å². The summed E-state index contributed by atoms with van der Waals surface area (Å²) >= 11 is 0. The molecule has 5 aliphatic carbocycles. The van der Waals surface area contributed by atoms with Crippen LogP contribution in [0.15, 0.2) is 17.3 Å². The number of rotatable bonds is 4. The predicted octanol–water partition coefficient (Wildman–Crippen LogP) is 8.28. The van der Waals surface area contributed by atoms with Crippen LogP contribution in [0.2, 0.25) is 0 Å². The van der Waals surface area contributed by atoms with Gasteiger partial charge in [-0.1, -0.05) is 65.8 Å². The first-order valence-corrected chi connectivity index (χ1v) is 15.7. The molecule has 0 aromatic rings. The number of hydrogen-bond acceptors (Lipinski definition) is 4. The Bertz CT molecular complexity index is 1090. The van der Waals surface area contributed by atoms with Crippen molar-refractivity contribution in [1.29, 1.82) is 0 Å². The van der Waals surface area contributed by atoms with Gasteiger partial charge >= 0.3 is 11.9 Å². The number of carboxylic acid groups (broad SMARTS) is 1. The summed E-state index contributed by atoms with van der Waals surface area (Å²) in [7, 11) is 0. The van der Waals surface area contributed by atoms with Crippen LogP contribution in [-0.4, -0.2) is 22.8 Å². The second-order valence-corrected chi connectivity index (χ2v) is 16.0. The van der Waals surface area contributed by atoms with E-state index < -0.39 is 11.4 Å². The van der Waals surface area contributed by atoms with Crippen molar-refractivity contribution in [2.75, 3.05) is 0 Å². The molecule has 5 saturated carbocycles. The number of allylic oxidation sites excluding steroid dienone is 1. The Morgan fingerprint density at radius 1 is 0.923 bits per heavy atom. The lowest BCUT2D eigenvalue weighted by Crippen LogP contribution is -2.66. The number of fused-ring (bicyclic) bond motifs is 7. The topological polar surface area (TPSA) is 76.0 Å². The molecule has 218 valence electrons. The van der Waals surface area contributed by atoms with E-state index in [1.807, 2.05) is 13.8 Å². The second kappa shape index (κ2) is 9.18. The fourth-order valence-corrected chi connectivity index (χ4v) is 11.7. The second-order valence-electron chi connectivity index (χ2n) is 16.0. The molecule has 0 saturated heterocycles. The van der Waals surface area contributed by atoms with Crippen LogP contribution >= 0.6 is 0 Å². The van der Waals surface area contributed by atoms with Crippen LogP contribution in [0, 0.1) is 62.6 Å². The average Bonchev–Trinajstić information content (AvgIpc) is 3.25. The highest BCUT2D eigenvalue weighted by atomic mass is 16.7. The molecule has 5 heteroatoms. The Morgan fingerprint density at radius 2 is 1.62 bits per heavy atom. The molecule has 1 N–H and O–H groups in total. The molecule has 0 aromatic carbocycles. The average molecular weight is 540 g/mol. The summed E-state index contributed by atoms with van der Waals surface area (Å²) in [5.41, 5.74) is 2.06. The molecule has 9 atom stereocenters. The monoisotopic (exact) mass is 539 g/mol. The van der Waals surface area contributed by atoms with Crippen LogP contribution < -0.4 is 0 Å². The molecule has 5 fully saturated rings. The van der Waals surface area contributed by atoms with Crippen molar-refractivity contribution in [3.05, 3.63) is 12.2 Å². The van der Waals surface area contributed by atoms with Gasteiger partial charge in [0.1, 0.15) is 0 Å². The van der Waals surface area contributed by atoms with Crippen LogP contribution in [0.5, 0.6) is 0 Å². The highest BCUT2D eigenvalue weighted by Crippen LogP contribution is 2.77. The van der Waals surface area contributed by atoms with Gasteiger partial charge in [0.05, 0.1) is 17.0 Å². The third-order valence-corrected chi connectivity index (χ3v) is 14.0. The molecule has 0 spiro atoms. The molecule has 0 radical (unpaired) electrons. The summed E-state index contributed by atoms with van der Waals surface area (Å²) < 4.78 is 0. The molecular formula is C34H53NO4. The molecule has 0 heterocycles. The van der Waals surface area contributed by atoms with E-state index in [0.29, 0.717) is 23.7 Å². The smallest absolute Gasteiger partial charge is 0.337 e. The predicted molar refractivity (Wildman–Crippen MR) is 155 cm³/mol. The Hall–Kier alpha value is -1.65. The molecule has 0 aliphatic heterocycles. The van der Waals surface area contributed by atoms with Crippen molar-refractivity contribution in [2.24, 2.45) is 67.7 Å². The molecule has 5 rings (SSSR count). The van der Waals surface area contributed by atoms with Crippen LogP contribution in [0.1, 0.15) is 120 Å². The first-order valence-electron chi connectivity index (χ1n) is 15.7. The highest BCUT2D eigenvalue weighted by Gasteiger charge is 2.71. The molecule has 0 aromatic heterocycles. The number of oxime groups is 1.